The molecule has 2 nitrogen and oxygen atoms in total. The van der Waals surface area contributed by atoms with E-state index in [4.69, 9.17) is 4.42 Å². The molecular weight excluding hydrogens is 174 g/mol. The van der Waals surface area contributed by atoms with Crippen molar-refractivity contribution in [2.45, 2.75) is 39.0 Å². The molecule has 0 aliphatic carbocycles. The van der Waals surface area contributed by atoms with E-state index in [2.05, 4.69) is 38.2 Å². The Morgan fingerprint density at radius 1 is 1.36 bits per heavy atom. The van der Waals surface area contributed by atoms with Gasteiger partial charge >= 0.3 is 0 Å². The van der Waals surface area contributed by atoms with Gasteiger partial charge in [0, 0.05) is 11.8 Å². The zero-order valence-corrected chi connectivity index (χ0v) is 9.68. The van der Waals surface area contributed by atoms with Crippen molar-refractivity contribution >= 4 is 0 Å². The Hall–Kier alpha value is -0.760. The molecule has 0 aliphatic heterocycles. The first-order chi connectivity index (χ1) is 6.60. The van der Waals surface area contributed by atoms with Gasteiger partial charge in [0.15, 0.2) is 0 Å². The highest BCUT2D eigenvalue weighted by Gasteiger charge is 2.23. The minimum atomic E-state index is 0.135. The van der Waals surface area contributed by atoms with Crippen molar-refractivity contribution in [3.8, 4) is 0 Å². The van der Waals surface area contributed by atoms with Crippen LogP contribution in [0.1, 0.15) is 38.7 Å². The SMILES string of the molecule is CCc1ccc(C(C)(C)CCNC)o1. The molecule has 0 unspecified atom stereocenters. The van der Waals surface area contributed by atoms with Gasteiger partial charge in [-0.3, -0.25) is 0 Å². The maximum Gasteiger partial charge on any atom is 0.109 e. The summed E-state index contributed by atoms with van der Waals surface area (Å²) in [6.07, 6.45) is 2.07. The van der Waals surface area contributed by atoms with Crippen LogP contribution in [-0.4, -0.2) is 13.6 Å². The summed E-state index contributed by atoms with van der Waals surface area (Å²) in [6, 6.07) is 4.19. The highest BCUT2D eigenvalue weighted by Crippen LogP contribution is 2.28. The van der Waals surface area contributed by atoms with Crippen molar-refractivity contribution in [1.29, 1.82) is 0 Å². The molecule has 2 heteroatoms. The fraction of sp³-hybridized carbons (Fsp3) is 0.667. The molecule has 0 bridgehead atoms. The average Bonchev–Trinajstić information content (AvgIpc) is 2.63. The van der Waals surface area contributed by atoms with Gasteiger partial charge in [-0.15, -0.1) is 0 Å². The number of rotatable bonds is 5. The minimum absolute atomic E-state index is 0.135. The summed E-state index contributed by atoms with van der Waals surface area (Å²) in [6.45, 7) is 7.59. The molecule has 1 N–H and O–H groups in total. The predicted octanol–water partition coefficient (Wildman–Crippen LogP) is 2.73. The summed E-state index contributed by atoms with van der Waals surface area (Å²) in [7, 11) is 1.98. The van der Waals surface area contributed by atoms with Gasteiger partial charge in [-0.2, -0.15) is 0 Å². The van der Waals surface area contributed by atoms with E-state index >= 15 is 0 Å². The summed E-state index contributed by atoms with van der Waals surface area (Å²) in [4.78, 5) is 0. The summed E-state index contributed by atoms with van der Waals surface area (Å²) >= 11 is 0. The molecule has 1 heterocycles. The Morgan fingerprint density at radius 3 is 2.57 bits per heavy atom. The molecule has 0 atom stereocenters. The quantitative estimate of drug-likeness (QED) is 0.781. The summed E-state index contributed by atoms with van der Waals surface area (Å²) in [5.41, 5.74) is 0.135. The van der Waals surface area contributed by atoms with Gasteiger partial charge in [0.1, 0.15) is 11.5 Å². The molecule has 1 aromatic rings. The van der Waals surface area contributed by atoms with Crippen LogP contribution in [0.25, 0.3) is 0 Å². The second kappa shape index (κ2) is 4.65. The van der Waals surface area contributed by atoms with Gasteiger partial charge in [-0.05, 0) is 32.1 Å². The third kappa shape index (κ3) is 2.61. The second-order valence-corrected chi connectivity index (χ2v) is 4.36. The first-order valence-electron chi connectivity index (χ1n) is 5.34. The highest BCUT2D eigenvalue weighted by molar-refractivity contribution is 5.15. The molecule has 0 aliphatic rings. The van der Waals surface area contributed by atoms with Crippen molar-refractivity contribution in [2.24, 2.45) is 0 Å². The van der Waals surface area contributed by atoms with E-state index in [-0.39, 0.29) is 5.41 Å². The average molecular weight is 195 g/mol. The fourth-order valence-electron chi connectivity index (χ4n) is 1.49. The molecule has 1 aromatic heterocycles. The maximum absolute atomic E-state index is 5.77. The first-order valence-corrected chi connectivity index (χ1v) is 5.34. The molecule has 0 aromatic carbocycles. The lowest BCUT2D eigenvalue weighted by atomic mass is 9.86. The van der Waals surface area contributed by atoms with E-state index in [0.29, 0.717) is 0 Å². The zero-order chi connectivity index (χ0) is 10.6. The molecule has 0 spiro atoms. The lowest BCUT2D eigenvalue weighted by Crippen LogP contribution is -2.22. The predicted molar refractivity (Wildman–Crippen MR) is 59.7 cm³/mol. The molecule has 80 valence electrons. The number of nitrogens with one attached hydrogen (secondary N) is 1. The van der Waals surface area contributed by atoms with Gasteiger partial charge < -0.3 is 9.73 Å². The van der Waals surface area contributed by atoms with E-state index in [9.17, 15) is 0 Å². The zero-order valence-electron chi connectivity index (χ0n) is 9.68. The van der Waals surface area contributed by atoms with Crippen LogP contribution in [0.15, 0.2) is 16.5 Å². The third-order valence-electron chi connectivity index (χ3n) is 2.68. The molecular formula is C12H21NO. The van der Waals surface area contributed by atoms with E-state index in [1.165, 1.54) is 0 Å². The number of furan rings is 1. The highest BCUT2D eigenvalue weighted by atomic mass is 16.3. The van der Waals surface area contributed by atoms with Crippen LogP contribution in [0.4, 0.5) is 0 Å². The van der Waals surface area contributed by atoms with Crippen LogP contribution in [0.2, 0.25) is 0 Å². The third-order valence-corrected chi connectivity index (χ3v) is 2.68. The van der Waals surface area contributed by atoms with Gasteiger partial charge in [-0.25, -0.2) is 0 Å². The van der Waals surface area contributed by atoms with Crippen LogP contribution in [-0.2, 0) is 11.8 Å². The van der Waals surface area contributed by atoms with Crippen molar-refractivity contribution in [3.63, 3.8) is 0 Å². The van der Waals surface area contributed by atoms with Crippen LogP contribution in [0.5, 0.6) is 0 Å². The summed E-state index contributed by atoms with van der Waals surface area (Å²) in [5.74, 6) is 2.18. The topological polar surface area (TPSA) is 25.2 Å². The summed E-state index contributed by atoms with van der Waals surface area (Å²) < 4.78 is 5.77. The van der Waals surface area contributed by atoms with Gasteiger partial charge in [0.2, 0.25) is 0 Å². The van der Waals surface area contributed by atoms with Gasteiger partial charge in [0.25, 0.3) is 0 Å². The number of hydrogen-bond donors (Lipinski definition) is 1. The Labute approximate surface area is 86.7 Å². The normalized spacial score (nSPS) is 12.0. The van der Waals surface area contributed by atoms with Crippen LogP contribution >= 0.6 is 0 Å². The van der Waals surface area contributed by atoms with Crippen molar-refractivity contribution in [1.82, 2.24) is 5.32 Å². The second-order valence-electron chi connectivity index (χ2n) is 4.36. The van der Waals surface area contributed by atoms with Crippen molar-refractivity contribution in [2.75, 3.05) is 13.6 Å². The van der Waals surface area contributed by atoms with Crippen LogP contribution in [0.3, 0.4) is 0 Å². The lowest BCUT2D eigenvalue weighted by Gasteiger charge is -2.21. The monoisotopic (exact) mass is 195 g/mol. The van der Waals surface area contributed by atoms with Gasteiger partial charge in [-0.1, -0.05) is 20.8 Å². The van der Waals surface area contributed by atoms with Crippen LogP contribution in [0, 0.1) is 0 Å². The van der Waals surface area contributed by atoms with Crippen molar-refractivity contribution < 1.29 is 4.42 Å². The Bertz CT molecular complexity index is 276. The Balaban J connectivity index is 2.70. The number of aryl methyl sites for hydroxylation is 1. The van der Waals surface area contributed by atoms with E-state index in [1.807, 2.05) is 7.05 Å². The lowest BCUT2D eigenvalue weighted by molar-refractivity contribution is 0.348. The van der Waals surface area contributed by atoms with E-state index < -0.39 is 0 Å². The smallest absolute Gasteiger partial charge is 0.109 e. The Morgan fingerprint density at radius 2 is 2.07 bits per heavy atom. The number of hydrogen-bond acceptors (Lipinski definition) is 2. The Kier molecular flexibility index (Phi) is 3.76. The molecule has 1 rings (SSSR count). The van der Waals surface area contributed by atoms with E-state index in [1.54, 1.807) is 0 Å². The van der Waals surface area contributed by atoms with Crippen molar-refractivity contribution in [3.05, 3.63) is 23.7 Å². The molecule has 0 saturated carbocycles. The maximum atomic E-state index is 5.77. The molecule has 0 fully saturated rings. The minimum Gasteiger partial charge on any atom is -0.466 e. The largest absolute Gasteiger partial charge is 0.466 e. The molecule has 14 heavy (non-hydrogen) atoms. The first kappa shape index (κ1) is 11.3. The molecule has 0 radical (unpaired) electrons. The summed E-state index contributed by atoms with van der Waals surface area (Å²) in [5, 5.41) is 3.17. The molecule has 0 saturated heterocycles. The van der Waals surface area contributed by atoms with Crippen LogP contribution < -0.4 is 5.32 Å². The standard InChI is InChI=1S/C12H21NO/c1-5-10-6-7-11(14-10)12(2,3)8-9-13-4/h6-7,13H,5,8-9H2,1-4H3. The molecule has 0 amide bonds. The van der Waals surface area contributed by atoms with E-state index in [0.717, 1.165) is 30.9 Å². The fourth-order valence-corrected chi connectivity index (χ4v) is 1.49. The van der Waals surface area contributed by atoms with Gasteiger partial charge in [0.05, 0.1) is 0 Å².